The molecule has 27 heavy (non-hydrogen) atoms. The van der Waals surface area contributed by atoms with Crippen molar-refractivity contribution in [1.82, 2.24) is 25.8 Å². The van der Waals surface area contributed by atoms with Gasteiger partial charge >= 0.3 is 0 Å². The maximum Gasteiger partial charge on any atom is 0.288 e. The summed E-state index contributed by atoms with van der Waals surface area (Å²) in [4.78, 5) is 23.0. The number of nitrogens with one attached hydrogen (secondary N) is 2. The monoisotopic (exact) mass is 370 g/mol. The fraction of sp³-hybridized carbons (Fsp3) is 0.579. The molecule has 1 aliphatic carbocycles. The molecule has 1 amide bonds. The van der Waals surface area contributed by atoms with Crippen LogP contribution in [0.15, 0.2) is 10.6 Å². The molecule has 2 aliphatic rings. The second kappa shape index (κ2) is 7.26. The average Bonchev–Trinajstić information content (AvgIpc) is 3.23. The van der Waals surface area contributed by atoms with Crippen LogP contribution in [0.4, 0.5) is 5.82 Å². The molecule has 0 bridgehead atoms. The van der Waals surface area contributed by atoms with Crippen LogP contribution in [0, 0.1) is 13.8 Å². The number of carbonyl (C=O) groups excluding carboxylic acids is 1. The topological polar surface area (TPSA) is 96.2 Å². The molecule has 2 aromatic rings. The minimum atomic E-state index is -0.259. The highest BCUT2D eigenvalue weighted by atomic mass is 16.5. The van der Waals surface area contributed by atoms with E-state index in [0.29, 0.717) is 18.5 Å². The van der Waals surface area contributed by atoms with Crippen molar-refractivity contribution in [2.75, 3.05) is 25.0 Å². The molecule has 8 nitrogen and oxygen atoms in total. The Morgan fingerprint density at radius 1 is 1.30 bits per heavy atom. The van der Waals surface area contributed by atoms with Crippen molar-refractivity contribution in [3.63, 3.8) is 0 Å². The molecule has 0 aromatic carbocycles. The smallest absolute Gasteiger partial charge is 0.288 e. The zero-order valence-corrected chi connectivity index (χ0v) is 16.1. The summed E-state index contributed by atoms with van der Waals surface area (Å²) >= 11 is 0. The van der Waals surface area contributed by atoms with Crippen LogP contribution in [0.2, 0.25) is 0 Å². The molecule has 1 aliphatic heterocycles. The van der Waals surface area contributed by atoms with E-state index in [9.17, 15) is 4.79 Å². The molecule has 3 heterocycles. The number of carbonyl (C=O) groups is 1. The molecular weight excluding hydrogens is 344 g/mol. The Morgan fingerprint density at radius 2 is 2.11 bits per heavy atom. The summed E-state index contributed by atoms with van der Waals surface area (Å²) in [7, 11) is 1.59. The van der Waals surface area contributed by atoms with Gasteiger partial charge in [0.05, 0.1) is 12.2 Å². The molecule has 2 aromatic heterocycles. The van der Waals surface area contributed by atoms with E-state index in [1.807, 2.05) is 13.8 Å². The van der Waals surface area contributed by atoms with E-state index in [-0.39, 0.29) is 11.7 Å². The van der Waals surface area contributed by atoms with Crippen molar-refractivity contribution in [3.8, 4) is 0 Å². The summed E-state index contributed by atoms with van der Waals surface area (Å²) in [5.74, 6) is 2.32. The lowest BCUT2D eigenvalue weighted by Crippen LogP contribution is -2.33. The van der Waals surface area contributed by atoms with Gasteiger partial charge in [0, 0.05) is 49.4 Å². The zero-order chi connectivity index (χ0) is 19.0. The molecule has 144 valence electrons. The fourth-order valence-corrected chi connectivity index (χ4v) is 3.48. The van der Waals surface area contributed by atoms with Crippen LogP contribution < -0.4 is 15.5 Å². The predicted octanol–water partition coefficient (Wildman–Crippen LogP) is 1.69. The number of anilines is 1. The van der Waals surface area contributed by atoms with Crippen LogP contribution in [0.3, 0.4) is 0 Å². The molecule has 1 saturated carbocycles. The predicted molar refractivity (Wildman–Crippen MR) is 101 cm³/mol. The second-order valence-corrected chi connectivity index (χ2v) is 7.47. The number of amides is 1. The number of aryl methyl sites for hydroxylation is 1. The van der Waals surface area contributed by atoms with Gasteiger partial charge in [0.1, 0.15) is 5.82 Å². The SMILES string of the molecule is CNC(=O)c1nc(C)c(C)c(N2CC[C@@H](NCc3cc(C4CC4)no3)C2)n1. The summed E-state index contributed by atoms with van der Waals surface area (Å²) in [5.41, 5.74) is 2.95. The van der Waals surface area contributed by atoms with Gasteiger partial charge in [-0.2, -0.15) is 0 Å². The van der Waals surface area contributed by atoms with Gasteiger partial charge in [0.2, 0.25) is 5.82 Å². The summed E-state index contributed by atoms with van der Waals surface area (Å²) < 4.78 is 5.44. The lowest BCUT2D eigenvalue weighted by Gasteiger charge is -2.21. The minimum Gasteiger partial charge on any atom is -0.360 e. The van der Waals surface area contributed by atoms with Crippen molar-refractivity contribution >= 4 is 11.7 Å². The Bertz CT molecular complexity index is 845. The van der Waals surface area contributed by atoms with Gasteiger partial charge in [-0.3, -0.25) is 4.79 Å². The molecule has 2 fully saturated rings. The van der Waals surface area contributed by atoms with Crippen molar-refractivity contribution < 1.29 is 9.32 Å². The van der Waals surface area contributed by atoms with Gasteiger partial charge in [0.15, 0.2) is 5.76 Å². The third kappa shape index (κ3) is 3.80. The third-order valence-electron chi connectivity index (χ3n) is 5.42. The third-order valence-corrected chi connectivity index (χ3v) is 5.42. The van der Waals surface area contributed by atoms with Crippen molar-refractivity contribution in [2.45, 2.75) is 51.6 Å². The van der Waals surface area contributed by atoms with E-state index in [2.05, 4.69) is 36.7 Å². The first-order chi connectivity index (χ1) is 13.0. The highest BCUT2D eigenvalue weighted by Gasteiger charge is 2.28. The number of nitrogens with zero attached hydrogens (tertiary/aromatic N) is 4. The number of hydrogen-bond donors (Lipinski definition) is 2. The first-order valence-electron chi connectivity index (χ1n) is 9.56. The second-order valence-electron chi connectivity index (χ2n) is 7.47. The van der Waals surface area contributed by atoms with Gasteiger partial charge in [-0.25, -0.2) is 9.97 Å². The lowest BCUT2D eigenvalue weighted by molar-refractivity contribution is 0.0952. The normalized spacial score (nSPS) is 19.5. The van der Waals surface area contributed by atoms with Crippen molar-refractivity contribution in [3.05, 3.63) is 34.6 Å². The summed E-state index contributed by atoms with van der Waals surface area (Å²) in [6.07, 6.45) is 3.47. The average molecular weight is 370 g/mol. The molecule has 8 heteroatoms. The Kier molecular flexibility index (Phi) is 4.82. The van der Waals surface area contributed by atoms with Crippen LogP contribution in [-0.2, 0) is 6.54 Å². The quantitative estimate of drug-likeness (QED) is 0.799. The Hall–Kier alpha value is -2.48. The van der Waals surface area contributed by atoms with E-state index < -0.39 is 0 Å². The lowest BCUT2D eigenvalue weighted by atomic mass is 10.2. The molecular formula is C19H26N6O2. The minimum absolute atomic E-state index is 0.223. The molecule has 1 atom stereocenters. The van der Waals surface area contributed by atoms with Crippen molar-refractivity contribution in [1.29, 1.82) is 0 Å². The Morgan fingerprint density at radius 3 is 2.85 bits per heavy atom. The van der Waals surface area contributed by atoms with Crippen LogP contribution in [0.25, 0.3) is 0 Å². The largest absolute Gasteiger partial charge is 0.360 e. The highest BCUT2D eigenvalue weighted by Crippen LogP contribution is 2.39. The molecule has 0 radical (unpaired) electrons. The summed E-state index contributed by atoms with van der Waals surface area (Å²) in [5, 5.41) is 10.3. The first-order valence-corrected chi connectivity index (χ1v) is 9.56. The van der Waals surface area contributed by atoms with Gasteiger partial charge in [-0.15, -0.1) is 0 Å². The maximum absolute atomic E-state index is 11.9. The van der Waals surface area contributed by atoms with Crippen LogP contribution in [0.5, 0.6) is 0 Å². The van der Waals surface area contributed by atoms with Crippen LogP contribution in [0.1, 0.15) is 58.5 Å². The van der Waals surface area contributed by atoms with E-state index in [0.717, 1.165) is 48.0 Å². The molecule has 0 unspecified atom stereocenters. The molecule has 2 N–H and O–H groups in total. The van der Waals surface area contributed by atoms with E-state index in [4.69, 9.17) is 4.52 Å². The molecule has 4 rings (SSSR count). The highest BCUT2D eigenvalue weighted by molar-refractivity contribution is 5.90. The summed E-state index contributed by atoms with van der Waals surface area (Å²) in [6.45, 7) is 6.34. The number of rotatable bonds is 6. The zero-order valence-electron chi connectivity index (χ0n) is 16.1. The standard InChI is InChI=1S/C19H26N6O2/c1-11-12(2)22-17(19(26)20-3)23-18(11)25-7-6-14(10-25)21-9-15-8-16(24-27-15)13-4-5-13/h8,13-14,21H,4-7,9-10H2,1-3H3,(H,20,26)/t14-/m1/s1. The number of hydrogen-bond acceptors (Lipinski definition) is 7. The van der Waals surface area contributed by atoms with Crippen molar-refractivity contribution in [2.24, 2.45) is 0 Å². The van der Waals surface area contributed by atoms with Crippen LogP contribution in [-0.4, -0.2) is 47.2 Å². The van der Waals surface area contributed by atoms with Crippen LogP contribution >= 0.6 is 0 Å². The van der Waals surface area contributed by atoms with E-state index in [1.165, 1.54) is 12.8 Å². The van der Waals surface area contributed by atoms with Gasteiger partial charge in [-0.1, -0.05) is 5.16 Å². The Labute approximate surface area is 158 Å². The maximum atomic E-state index is 11.9. The first kappa shape index (κ1) is 17.9. The fourth-order valence-electron chi connectivity index (χ4n) is 3.48. The molecule has 0 spiro atoms. The molecule has 1 saturated heterocycles. The number of aromatic nitrogens is 3. The van der Waals surface area contributed by atoms with Gasteiger partial charge in [0.25, 0.3) is 5.91 Å². The van der Waals surface area contributed by atoms with E-state index in [1.54, 1.807) is 7.05 Å². The Balaban J connectivity index is 1.39. The van der Waals surface area contributed by atoms with Gasteiger partial charge in [-0.05, 0) is 33.1 Å². The van der Waals surface area contributed by atoms with Gasteiger partial charge < -0.3 is 20.1 Å². The van der Waals surface area contributed by atoms with E-state index >= 15 is 0 Å². The summed E-state index contributed by atoms with van der Waals surface area (Å²) in [6, 6.07) is 2.42.